The second-order valence-electron chi connectivity index (χ2n) is 2.11. The number of hydrogen-bond acceptors (Lipinski definition) is 1. The minimum Gasteiger partial charge on any atom is -0.624 e. The minimum absolute atomic E-state index is 0.639. The van der Waals surface area contributed by atoms with E-state index >= 15 is 0 Å². The molecule has 0 aromatic carbocycles. The van der Waals surface area contributed by atoms with E-state index in [-0.39, 0.29) is 0 Å². The molecular formula is C5H9NO. The van der Waals surface area contributed by atoms with E-state index in [4.69, 9.17) is 0 Å². The van der Waals surface area contributed by atoms with Gasteiger partial charge in [-0.25, -0.2) is 4.74 Å². The number of nitrogens with zero attached hydrogens (tertiary/aromatic N) is 1. The van der Waals surface area contributed by atoms with E-state index in [9.17, 15) is 5.21 Å². The zero-order valence-electron chi connectivity index (χ0n) is 4.26. The number of hydrogen-bond donors (Lipinski definition) is 0. The molecular weight excluding hydrogens is 90.1 g/mol. The van der Waals surface area contributed by atoms with Crippen LogP contribution in [0.4, 0.5) is 0 Å². The van der Waals surface area contributed by atoms with Crippen LogP contribution >= 0.6 is 0 Å². The van der Waals surface area contributed by atoms with Crippen molar-refractivity contribution in [3.05, 3.63) is 5.21 Å². The maximum atomic E-state index is 10.1. The van der Waals surface area contributed by atoms with E-state index in [0.717, 1.165) is 4.74 Å². The average Bonchev–Trinajstić information content (AvgIpc) is 2.17. The quantitative estimate of drug-likeness (QED) is 0.215. The molecule has 1 rings (SSSR count). The lowest BCUT2D eigenvalue weighted by molar-refractivity contribution is -0.452. The first kappa shape index (κ1) is 4.62. The third-order valence-electron chi connectivity index (χ3n) is 1.16. The lowest BCUT2D eigenvalue weighted by atomic mass is 10.4. The SMILES string of the molecule is C=[N+]([O-])CC1CC1. The van der Waals surface area contributed by atoms with Crippen molar-refractivity contribution in [2.45, 2.75) is 12.8 Å². The maximum Gasteiger partial charge on any atom is 0.155 e. The zero-order valence-corrected chi connectivity index (χ0v) is 4.26. The molecule has 0 amide bonds. The lowest BCUT2D eigenvalue weighted by Gasteiger charge is -1.96. The van der Waals surface area contributed by atoms with Crippen molar-refractivity contribution in [3.8, 4) is 0 Å². The molecule has 40 valence electrons. The van der Waals surface area contributed by atoms with Crippen LogP contribution < -0.4 is 0 Å². The summed E-state index contributed by atoms with van der Waals surface area (Å²) in [7, 11) is 0. The van der Waals surface area contributed by atoms with E-state index in [2.05, 4.69) is 6.72 Å². The fraction of sp³-hybridized carbons (Fsp3) is 0.800. The topological polar surface area (TPSA) is 26.1 Å². The van der Waals surface area contributed by atoms with E-state index in [0.29, 0.717) is 12.5 Å². The molecule has 0 saturated heterocycles. The van der Waals surface area contributed by atoms with Gasteiger partial charge in [-0.15, -0.1) is 0 Å². The largest absolute Gasteiger partial charge is 0.624 e. The van der Waals surface area contributed by atoms with Gasteiger partial charge in [0.1, 0.15) is 6.72 Å². The van der Waals surface area contributed by atoms with Gasteiger partial charge >= 0.3 is 0 Å². The highest BCUT2D eigenvalue weighted by Gasteiger charge is 2.24. The maximum absolute atomic E-state index is 10.1. The molecule has 2 nitrogen and oxygen atoms in total. The van der Waals surface area contributed by atoms with Crippen LogP contribution in [-0.2, 0) is 0 Å². The summed E-state index contributed by atoms with van der Waals surface area (Å²) in [4.78, 5) is 0. The van der Waals surface area contributed by atoms with E-state index in [1.807, 2.05) is 0 Å². The zero-order chi connectivity index (χ0) is 5.28. The molecule has 1 aliphatic rings. The summed E-state index contributed by atoms with van der Waals surface area (Å²) in [5.41, 5.74) is 0. The minimum atomic E-state index is 0.639. The normalized spacial score (nSPS) is 19.4. The van der Waals surface area contributed by atoms with Gasteiger partial charge in [-0.05, 0) is 12.8 Å². The van der Waals surface area contributed by atoms with Gasteiger partial charge in [0, 0.05) is 5.92 Å². The highest BCUT2D eigenvalue weighted by Crippen LogP contribution is 2.28. The Morgan fingerprint density at radius 2 is 2.29 bits per heavy atom. The smallest absolute Gasteiger partial charge is 0.155 e. The van der Waals surface area contributed by atoms with Crippen molar-refractivity contribution in [3.63, 3.8) is 0 Å². The van der Waals surface area contributed by atoms with Crippen LogP contribution in [0.25, 0.3) is 0 Å². The summed E-state index contributed by atoms with van der Waals surface area (Å²) < 4.78 is 0.762. The fourth-order valence-corrected chi connectivity index (χ4v) is 0.588. The second-order valence-corrected chi connectivity index (χ2v) is 2.11. The van der Waals surface area contributed by atoms with Crippen molar-refractivity contribution in [2.24, 2.45) is 5.92 Å². The Hall–Kier alpha value is -0.530. The molecule has 0 heterocycles. The van der Waals surface area contributed by atoms with Crippen molar-refractivity contribution < 1.29 is 4.74 Å². The van der Waals surface area contributed by atoms with Crippen LogP contribution in [0, 0.1) is 11.1 Å². The Balaban J connectivity index is 2.08. The predicted octanol–water partition coefficient (Wildman–Crippen LogP) is 0.607. The summed E-state index contributed by atoms with van der Waals surface area (Å²) in [6, 6.07) is 0. The van der Waals surface area contributed by atoms with Gasteiger partial charge < -0.3 is 5.21 Å². The van der Waals surface area contributed by atoms with Gasteiger partial charge in [0.15, 0.2) is 6.54 Å². The standard InChI is InChI=1S/C5H9NO/c1-6(7)4-5-2-3-5/h5H,1-4H2. The summed E-state index contributed by atoms with van der Waals surface area (Å²) >= 11 is 0. The van der Waals surface area contributed by atoms with Gasteiger partial charge in [0.2, 0.25) is 0 Å². The molecule has 0 aromatic rings. The predicted molar refractivity (Wildman–Crippen MR) is 28.3 cm³/mol. The fourth-order valence-electron chi connectivity index (χ4n) is 0.588. The van der Waals surface area contributed by atoms with Crippen molar-refractivity contribution in [1.29, 1.82) is 0 Å². The van der Waals surface area contributed by atoms with Crippen molar-refractivity contribution in [2.75, 3.05) is 6.54 Å². The van der Waals surface area contributed by atoms with Crippen molar-refractivity contribution >= 4 is 6.72 Å². The molecule has 1 aliphatic carbocycles. The first-order valence-corrected chi connectivity index (χ1v) is 2.54. The molecule has 0 atom stereocenters. The van der Waals surface area contributed by atoms with Gasteiger partial charge in [0.25, 0.3) is 0 Å². The molecule has 0 N–H and O–H groups in total. The third kappa shape index (κ3) is 1.57. The van der Waals surface area contributed by atoms with Gasteiger partial charge in [-0.3, -0.25) is 0 Å². The molecule has 1 fully saturated rings. The number of hydroxylamine groups is 1. The Morgan fingerprint density at radius 3 is 2.43 bits per heavy atom. The van der Waals surface area contributed by atoms with Crippen LogP contribution in [0.3, 0.4) is 0 Å². The van der Waals surface area contributed by atoms with E-state index in [1.54, 1.807) is 0 Å². The van der Waals surface area contributed by atoms with Crippen LogP contribution in [0.15, 0.2) is 0 Å². The summed E-state index contributed by atoms with van der Waals surface area (Å²) in [5, 5.41) is 10.1. The third-order valence-corrected chi connectivity index (χ3v) is 1.16. The monoisotopic (exact) mass is 99.1 g/mol. The van der Waals surface area contributed by atoms with Crippen LogP contribution in [0.1, 0.15) is 12.8 Å². The summed E-state index contributed by atoms with van der Waals surface area (Å²) in [5.74, 6) is 0.676. The molecule has 0 aliphatic heterocycles. The molecule has 1 saturated carbocycles. The van der Waals surface area contributed by atoms with Crippen LogP contribution in [-0.4, -0.2) is 18.0 Å². The molecule has 0 spiro atoms. The Bertz CT molecular complexity index is 86.1. The molecule has 0 aromatic heterocycles. The Labute approximate surface area is 43.0 Å². The van der Waals surface area contributed by atoms with Gasteiger partial charge in [-0.1, -0.05) is 0 Å². The molecule has 0 bridgehead atoms. The number of rotatable bonds is 2. The molecule has 7 heavy (non-hydrogen) atoms. The highest BCUT2D eigenvalue weighted by atomic mass is 16.5. The van der Waals surface area contributed by atoms with Crippen LogP contribution in [0.5, 0.6) is 0 Å². The van der Waals surface area contributed by atoms with Gasteiger partial charge in [-0.2, -0.15) is 0 Å². The first-order chi connectivity index (χ1) is 3.29. The van der Waals surface area contributed by atoms with E-state index < -0.39 is 0 Å². The lowest BCUT2D eigenvalue weighted by Crippen LogP contribution is -2.02. The summed E-state index contributed by atoms with van der Waals surface area (Å²) in [6.45, 7) is 3.84. The Morgan fingerprint density at radius 1 is 1.71 bits per heavy atom. The molecule has 0 radical (unpaired) electrons. The summed E-state index contributed by atoms with van der Waals surface area (Å²) in [6.07, 6.45) is 2.46. The first-order valence-electron chi connectivity index (χ1n) is 2.54. The highest BCUT2D eigenvalue weighted by molar-refractivity contribution is 5.14. The van der Waals surface area contributed by atoms with Crippen molar-refractivity contribution in [1.82, 2.24) is 0 Å². The molecule has 2 heteroatoms. The Kier molecular flexibility index (Phi) is 1.01. The van der Waals surface area contributed by atoms with Crippen LogP contribution in [0.2, 0.25) is 0 Å². The molecule has 0 unspecified atom stereocenters. The second kappa shape index (κ2) is 1.52. The van der Waals surface area contributed by atoms with Gasteiger partial charge in [0.05, 0.1) is 0 Å². The average molecular weight is 99.1 g/mol. The van der Waals surface area contributed by atoms with E-state index in [1.165, 1.54) is 12.8 Å².